The van der Waals surface area contributed by atoms with Gasteiger partial charge in [-0.15, -0.1) is 0 Å². The minimum Gasteiger partial charge on any atom is -0.438 e. The molecule has 0 radical (unpaired) electrons. The molecule has 0 unspecified atom stereocenters. The molecule has 7 nitrogen and oxygen atoms in total. The van der Waals surface area contributed by atoms with Gasteiger partial charge >= 0.3 is 0 Å². The summed E-state index contributed by atoms with van der Waals surface area (Å²) in [5.41, 5.74) is 0. The lowest BCUT2D eigenvalue weighted by molar-refractivity contribution is 0.0912. The number of carbonyl (C=O) groups excluding carboxylic acids is 1. The average Bonchev–Trinajstić information content (AvgIpc) is 2.62. The number of rotatable bonds is 4. The molecule has 15 heavy (non-hydrogen) atoms. The molecular formula is C7H10N2O5S. The van der Waals surface area contributed by atoms with E-state index in [4.69, 9.17) is 14.7 Å². The summed E-state index contributed by atoms with van der Waals surface area (Å²) in [5, 5.41) is 15.0. The van der Waals surface area contributed by atoms with E-state index in [-0.39, 0.29) is 18.9 Å². The predicted molar refractivity (Wildman–Crippen MR) is 49.5 cm³/mol. The number of carbonyl (C=O) groups is 1. The van der Waals surface area contributed by atoms with Crippen molar-refractivity contribution in [3.8, 4) is 0 Å². The van der Waals surface area contributed by atoms with E-state index in [9.17, 15) is 13.2 Å². The maximum absolute atomic E-state index is 11.2. The highest BCUT2D eigenvalue weighted by Crippen LogP contribution is 2.11. The Morgan fingerprint density at radius 2 is 2.20 bits per heavy atom. The first-order valence-corrected chi connectivity index (χ1v) is 5.51. The van der Waals surface area contributed by atoms with Crippen LogP contribution in [0.3, 0.4) is 0 Å². The van der Waals surface area contributed by atoms with Gasteiger partial charge in [-0.2, -0.15) is 0 Å². The zero-order valence-electron chi connectivity index (χ0n) is 7.63. The van der Waals surface area contributed by atoms with Crippen LogP contribution in [0.25, 0.3) is 0 Å². The topological polar surface area (TPSA) is 123 Å². The Balaban J connectivity index is 2.81. The summed E-state index contributed by atoms with van der Waals surface area (Å²) < 4.78 is 26.3. The number of hydrogen-bond donors (Lipinski definition) is 3. The van der Waals surface area contributed by atoms with E-state index in [0.717, 1.165) is 6.07 Å². The Labute approximate surface area is 85.9 Å². The molecule has 1 rings (SSSR count). The molecule has 1 amide bonds. The molecule has 0 aliphatic carbocycles. The predicted octanol–water partition coefficient (Wildman–Crippen LogP) is -1.35. The number of nitrogens with two attached hydrogens (primary N) is 1. The number of aliphatic hydroxyl groups is 1. The van der Waals surface area contributed by atoms with Crippen LogP contribution in [0.2, 0.25) is 0 Å². The second-order valence-electron chi connectivity index (χ2n) is 2.64. The monoisotopic (exact) mass is 234 g/mol. The van der Waals surface area contributed by atoms with E-state index in [1.54, 1.807) is 0 Å². The maximum atomic E-state index is 11.2. The maximum Gasteiger partial charge on any atom is 0.287 e. The average molecular weight is 234 g/mol. The molecule has 0 aliphatic heterocycles. The van der Waals surface area contributed by atoms with Crippen molar-refractivity contribution in [1.29, 1.82) is 0 Å². The second-order valence-corrected chi connectivity index (χ2v) is 4.14. The highest BCUT2D eigenvalue weighted by molar-refractivity contribution is 7.89. The van der Waals surface area contributed by atoms with E-state index in [1.807, 2.05) is 0 Å². The largest absolute Gasteiger partial charge is 0.438 e. The van der Waals surface area contributed by atoms with Crippen molar-refractivity contribution in [1.82, 2.24) is 5.32 Å². The molecule has 0 saturated carbocycles. The molecule has 1 aromatic heterocycles. The van der Waals surface area contributed by atoms with Crippen molar-refractivity contribution < 1.29 is 22.7 Å². The number of sulfonamides is 1. The van der Waals surface area contributed by atoms with Crippen LogP contribution in [0.1, 0.15) is 10.6 Å². The fraction of sp³-hybridized carbons (Fsp3) is 0.286. The number of amides is 1. The minimum atomic E-state index is -3.93. The third kappa shape index (κ3) is 3.05. The van der Waals surface area contributed by atoms with Crippen LogP contribution in [-0.2, 0) is 10.0 Å². The van der Waals surface area contributed by atoms with Gasteiger partial charge in [0.1, 0.15) is 0 Å². The van der Waals surface area contributed by atoms with E-state index in [1.165, 1.54) is 6.07 Å². The summed E-state index contributed by atoms with van der Waals surface area (Å²) in [6.45, 7) is -0.154. The van der Waals surface area contributed by atoms with Crippen LogP contribution in [0.4, 0.5) is 0 Å². The Hall–Kier alpha value is -1.38. The molecule has 0 aromatic carbocycles. The molecule has 4 N–H and O–H groups in total. The van der Waals surface area contributed by atoms with E-state index in [2.05, 4.69) is 5.32 Å². The summed E-state index contributed by atoms with van der Waals surface area (Å²) in [4.78, 5) is 11.2. The zero-order chi connectivity index (χ0) is 11.5. The Kier molecular flexibility index (Phi) is 3.45. The molecule has 0 aliphatic rings. The highest BCUT2D eigenvalue weighted by Gasteiger charge is 2.16. The van der Waals surface area contributed by atoms with Gasteiger partial charge in [-0.25, -0.2) is 13.6 Å². The zero-order valence-corrected chi connectivity index (χ0v) is 8.45. The SMILES string of the molecule is NS(=O)(=O)c1ccc(C(=O)NCCO)o1. The van der Waals surface area contributed by atoms with Gasteiger partial charge in [0.05, 0.1) is 6.61 Å². The Morgan fingerprint density at radius 3 is 2.67 bits per heavy atom. The van der Waals surface area contributed by atoms with E-state index in [0.29, 0.717) is 0 Å². The Bertz CT molecular complexity index is 450. The fourth-order valence-corrected chi connectivity index (χ4v) is 1.32. The molecule has 0 spiro atoms. The molecule has 0 bridgehead atoms. The molecule has 8 heteroatoms. The van der Waals surface area contributed by atoms with Crippen molar-refractivity contribution in [3.63, 3.8) is 0 Å². The fourth-order valence-electron chi connectivity index (χ4n) is 0.852. The lowest BCUT2D eigenvalue weighted by atomic mass is 10.4. The molecule has 1 heterocycles. The minimum absolute atomic E-state index is 0.0598. The normalized spacial score (nSPS) is 11.3. The van der Waals surface area contributed by atoms with Crippen LogP contribution in [0.15, 0.2) is 21.6 Å². The summed E-state index contributed by atoms with van der Waals surface area (Å²) in [6, 6.07) is 2.27. The molecule has 0 atom stereocenters. The van der Waals surface area contributed by atoms with Gasteiger partial charge in [0, 0.05) is 6.54 Å². The van der Waals surface area contributed by atoms with Crippen LogP contribution in [0, 0.1) is 0 Å². The van der Waals surface area contributed by atoms with Crippen LogP contribution < -0.4 is 10.5 Å². The van der Waals surface area contributed by atoms with Crippen molar-refractivity contribution in [2.75, 3.05) is 13.2 Å². The first-order chi connectivity index (χ1) is 6.95. The number of aliphatic hydroxyl groups excluding tert-OH is 1. The summed E-state index contributed by atoms with van der Waals surface area (Å²) in [5.74, 6) is -0.786. The number of hydrogen-bond acceptors (Lipinski definition) is 5. The lowest BCUT2D eigenvalue weighted by Crippen LogP contribution is -2.25. The molecule has 0 fully saturated rings. The number of furan rings is 1. The van der Waals surface area contributed by atoms with Crippen molar-refractivity contribution in [2.24, 2.45) is 5.14 Å². The lowest BCUT2D eigenvalue weighted by Gasteiger charge is -1.98. The summed E-state index contributed by atoms with van der Waals surface area (Å²) >= 11 is 0. The van der Waals surface area contributed by atoms with Gasteiger partial charge < -0.3 is 14.8 Å². The van der Waals surface area contributed by atoms with Gasteiger partial charge in [-0.05, 0) is 12.1 Å². The summed E-state index contributed by atoms with van der Waals surface area (Å²) in [7, 11) is -3.93. The van der Waals surface area contributed by atoms with E-state index < -0.39 is 21.0 Å². The van der Waals surface area contributed by atoms with Gasteiger partial charge in [0.15, 0.2) is 5.76 Å². The van der Waals surface area contributed by atoms with Crippen molar-refractivity contribution >= 4 is 15.9 Å². The third-order valence-corrected chi connectivity index (χ3v) is 2.26. The smallest absolute Gasteiger partial charge is 0.287 e. The Morgan fingerprint density at radius 1 is 1.53 bits per heavy atom. The summed E-state index contributed by atoms with van der Waals surface area (Å²) in [6.07, 6.45) is 0. The molecular weight excluding hydrogens is 224 g/mol. The van der Waals surface area contributed by atoms with E-state index >= 15 is 0 Å². The molecule has 1 aromatic rings. The number of primary sulfonamides is 1. The van der Waals surface area contributed by atoms with Gasteiger partial charge in [0.25, 0.3) is 15.9 Å². The number of nitrogens with one attached hydrogen (secondary N) is 1. The van der Waals surface area contributed by atoms with Gasteiger partial charge in [-0.1, -0.05) is 0 Å². The quantitative estimate of drug-likeness (QED) is 0.594. The van der Waals surface area contributed by atoms with Crippen molar-refractivity contribution in [2.45, 2.75) is 5.09 Å². The second kappa shape index (κ2) is 4.43. The standard InChI is InChI=1S/C7H10N2O5S/c8-15(12,13)6-2-1-5(14-6)7(11)9-3-4-10/h1-2,10H,3-4H2,(H,9,11)(H2,8,12,13). The first-order valence-electron chi connectivity index (χ1n) is 3.97. The van der Waals surface area contributed by atoms with Crippen LogP contribution in [-0.4, -0.2) is 32.6 Å². The highest BCUT2D eigenvalue weighted by atomic mass is 32.2. The van der Waals surface area contributed by atoms with Crippen LogP contribution >= 0.6 is 0 Å². The van der Waals surface area contributed by atoms with Crippen molar-refractivity contribution in [3.05, 3.63) is 17.9 Å². The van der Waals surface area contributed by atoms with Gasteiger partial charge in [0.2, 0.25) is 5.09 Å². The molecule has 84 valence electrons. The third-order valence-electron chi connectivity index (χ3n) is 1.48. The first kappa shape index (κ1) is 11.7. The molecule has 0 saturated heterocycles. The van der Waals surface area contributed by atoms with Crippen LogP contribution in [0.5, 0.6) is 0 Å². The van der Waals surface area contributed by atoms with Gasteiger partial charge in [-0.3, -0.25) is 4.79 Å².